The predicted octanol–water partition coefficient (Wildman–Crippen LogP) is 0.583. The lowest BCUT2D eigenvalue weighted by Crippen LogP contribution is -2.35. The minimum Gasteiger partial charge on any atom is -0.497 e. The van der Waals surface area contributed by atoms with Gasteiger partial charge in [0.1, 0.15) is 12.4 Å². The first-order valence-corrected chi connectivity index (χ1v) is 5.23. The number of rotatable bonds is 6. The summed E-state index contributed by atoms with van der Waals surface area (Å²) in [6, 6.07) is 5.34. The van der Waals surface area contributed by atoms with Gasteiger partial charge in [0.15, 0.2) is 6.04 Å². The number of carboxylic acids is 1. The Morgan fingerprint density at radius 3 is 2.33 bits per heavy atom. The quantitative estimate of drug-likeness (QED) is 0.774. The Kier molecular flexibility index (Phi) is 5.13. The van der Waals surface area contributed by atoms with Gasteiger partial charge in [-0.15, -0.1) is 0 Å². The number of methoxy groups -OCH3 is 2. The van der Waals surface area contributed by atoms with Crippen LogP contribution < -0.4 is 10.1 Å². The second-order valence-electron chi connectivity index (χ2n) is 3.54. The van der Waals surface area contributed by atoms with Gasteiger partial charge in [-0.25, -0.2) is 4.79 Å². The van der Waals surface area contributed by atoms with E-state index in [0.29, 0.717) is 11.3 Å². The molecule has 0 bridgehead atoms. The van der Waals surface area contributed by atoms with E-state index in [1.165, 1.54) is 14.2 Å². The van der Waals surface area contributed by atoms with E-state index in [-0.39, 0.29) is 6.61 Å². The van der Waals surface area contributed by atoms with Gasteiger partial charge in [-0.2, -0.15) is 0 Å². The lowest BCUT2D eigenvalue weighted by molar-refractivity contribution is -0.142. The van der Waals surface area contributed by atoms with E-state index in [2.05, 4.69) is 10.1 Å². The van der Waals surface area contributed by atoms with Crippen LogP contribution in [-0.2, 0) is 14.3 Å². The first-order valence-electron chi connectivity index (χ1n) is 5.23. The van der Waals surface area contributed by atoms with Crippen molar-refractivity contribution in [2.24, 2.45) is 0 Å². The lowest BCUT2D eigenvalue weighted by atomic mass is 10.1. The third-order valence-electron chi connectivity index (χ3n) is 2.28. The number of nitrogens with one attached hydrogen (secondary N) is 1. The maximum atomic E-state index is 11.3. The molecule has 0 radical (unpaired) electrons. The summed E-state index contributed by atoms with van der Waals surface area (Å²) in [5, 5.41) is 11.5. The van der Waals surface area contributed by atoms with Crippen molar-refractivity contribution in [1.29, 1.82) is 0 Å². The van der Waals surface area contributed by atoms with Crippen LogP contribution in [0.4, 0.5) is 0 Å². The molecule has 0 aliphatic carbocycles. The molecule has 0 spiro atoms. The standard InChI is InChI=1S/C12H15NO5/c1-17-7-10(14)13-11(12(15)16)8-3-5-9(18-2)6-4-8/h3-6,11H,7H2,1-2H3,(H,13,14)(H,15,16). The summed E-state index contributed by atoms with van der Waals surface area (Å²) < 4.78 is 9.61. The van der Waals surface area contributed by atoms with Crippen LogP contribution >= 0.6 is 0 Å². The summed E-state index contributed by atoms with van der Waals surface area (Å²) in [5.74, 6) is -1.00. The number of hydrogen-bond donors (Lipinski definition) is 2. The van der Waals surface area contributed by atoms with Crippen LogP contribution in [0.3, 0.4) is 0 Å². The second kappa shape index (κ2) is 6.61. The molecule has 98 valence electrons. The van der Waals surface area contributed by atoms with Gasteiger partial charge >= 0.3 is 5.97 Å². The highest BCUT2D eigenvalue weighted by Crippen LogP contribution is 2.17. The van der Waals surface area contributed by atoms with Crippen LogP contribution in [0.25, 0.3) is 0 Å². The van der Waals surface area contributed by atoms with Gasteiger partial charge in [-0.05, 0) is 17.7 Å². The average molecular weight is 253 g/mol. The van der Waals surface area contributed by atoms with Crippen LogP contribution in [-0.4, -0.2) is 37.8 Å². The topological polar surface area (TPSA) is 84.9 Å². The minimum absolute atomic E-state index is 0.181. The molecule has 1 aromatic rings. The molecule has 1 aromatic carbocycles. The molecule has 18 heavy (non-hydrogen) atoms. The van der Waals surface area contributed by atoms with Crippen LogP contribution in [0.1, 0.15) is 11.6 Å². The number of carbonyl (C=O) groups excluding carboxylic acids is 1. The number of carbonyl (C=O) groups is 2. The van der Waals surface area contributed by atoms with E-state index in [1.807, 2.05) is 0 Å². The molecular formula is C12H15NO5. The lowest BCUT2D eigenvalue weighted by Gasteiger charge is -2.15. The van der Waals surface area contributed by atoms with Crippen LogP contribution in [0, 0.1) is 0 Å². The highest BCUT2D eigenvalue weighted by molar-refractivity contribution is 5.85. The highest BCUT2D eigenvalue weighted by atomic mass is 16.5. The minimum atomic E-state index is -1.13. The van der Waals surface area contributed by atoms with Gasteiger partial charge < -0.3 is 19.9 Å². The maximum absolute atomic E-state index is 11.3. The number of carboxylic acid groups (broad SMARTS) is 1. The van der Waals surface area contributed by atoms with Crippen molar-refractivity contribution in [2.45, 2.75) is 6.04 Å². The number of ether oxygens (including phenoxy) is 2. The van der Waals surface area contributed by atoms with E-state index >= 15 is 0 Å². The number of amides is 1. The Hall–Kier alpha value is -2.08. The smallest absolute Gasteiger partial charge is 0.330 e. The van der Waals surface area contributed by atoms with Crippen molar-refractivity contribution < 1.29 is 24.2 Å². The second-order valence-corrected chi connectivity index (χ2v) is 3.54. The first kappa shape index (κ1) is 14.0. The number of hydrogen-bond acceptors (Lipinski definition) is 4. The third kappa shape index (κ3) is 3.74. The van der Waals surface area contributed by atoms with Crippen molar-refractivity contribution >= 4 is 11.9 Å². The Morgan fingerprint density at radius 2 is 1.89 bits per heavy atom. The van der Waals surface area contributed by atoms with E-state index < -0.39 is 17.9 Å². The predicted molar refractivity (Wildman–Crippen MR) is 63.4 cm³/mol. The summed E-state index contributed by atoms with van der Waals surface area (Å²) in [6.07, 6.45) is 0. The van der Waals surface area contributed by atoms with E-state index in [4.69, 9.17) is 9.84 Å². The average Bonchev–Trinajstić information content (AvgIpc) is 2.36. The molecule has 1 rings (SSSR count). The molecule has 0 aliphatic heterocycles. The monoisotopic (exact) mass is 253 g/mol. The summed E-state index contributed by atoms with van der Waals surface area (Å²) in [7, 11) is 2.88. The fraction of sp³-hybridized carbons (Fsp3) is 0.333. The van der Waals surface area contributed by atoms with Gasteiger partial charge in [0.05, 0.1) is 7.11 Å². The highest BCUT2D eigenvalue weighted by Gasteiger charge is 2.21. The van der Waals surface area contributed by atoms with Crippen molar-refractivity contribution in [2.75, 3.05) is 20.8 Å². The van der Waals surface area contributed by atoms with Crippen LogP contribution in [0.2, 0.25) is 0 Å². The molecule has 1 atom stereocenters. The fourth-order valence-corrected chi connectivity index (χ4v) is 1.42. The van der Waals surface area contributed by atoms with E-state index in [1.54, 1.807) is 24.3 Å². The fourth-order valence-electron chi connectivity index (χ4n) is 1.42. The zero-order valence-corrected chi connectivity index (χ0v) is 10.2. The van der Waals surface area contributed by atoms with E-state index in [9.17, 15) is 9.59 Å². The normalized spacial score (nSPS) is 11.7. The van der Waals surface area contributed by atoms with Crippen LogP contribution in [0.15, 0.2) is 24.3 Å². The zero-order chi connectivity index (χ0) is 13.5. The largest absolute Gasteiger partial charge is 0.497 e. The summed E-state index contributed by atoms with van der Waals surface area (Å²) >= 11 is 0. The van der Waals surface area contributed by atoms with Crippen molar-refractivity contribution in [3.05, 3.63) is 29.8 Å². The van der Waals surface area contributed by atoms with E-state index in [0.717, 1.165) is 0 Å². The van der Waals surface area contributed by atoms with Crippen molar-refractivity contribution in [3.8, 4) is 5.75 Å². The molecule has 6 nitrogen and oxygen atoms in total. The summed E-state index contributed by atoms with van der Waals surface area (Å²) in [4.78, 5) is 22.4. The number of aliphatic carboxylic acids is 1. The molecule has 0 saturated carbocycles. The molecule has 0 fully saturated rings. The molecular weight excluding hydrogens is 238 g/mol. The van der Waals surface area contributed by atoms with Gasteiger partial charge in [-0.3, -0.25) is 4.79 Å². The Morgan fingerprint density at radius 1 is 1.28 bits per heavy atom. The maximum Gasteiger partial charge on any atom is 0.330 e. The Balaban J connectivity index is 2.83. The molecule has 6 heteroatoms. The zero-order valence-electron chi connectivity index (χ0n) is 10.2. The van der Waals surface area contributed by atoms with Crippen molar-refractivity contribution in [3.63, 3.8) is 0 Å². The molecule has 0 aromatic heterocycles. The van der Waals surface area contributed by atoms with Crippen molar-refractivity contribution in [1.82, 2.24) is 5.32 Å². The third-order valence-corrected chi connectivity index (χ3v) is 2.28. The Bertz CT molecular complexity index is 415. The van der Waals surface area contributed by atoms with Crippen LogP contribution in [0.5, 0.6) is 5.75 Å². The molecule has 0 saturated heterocycles. The number of benzene rings is 1. The van der Waals surface area contributed by atoms with Gasteiger partial charge in [0.2, 0.25) is 5.91 Å². The van der Waals surface area contributed by atoms with Gasteiger partial charge in [0, 0.05) is 7.11 Å². The van der Waals surface area contributed by atoms with Gasteiger partial charge in [-0.1, -0.05) is 12.1 Å². The molecule has 0 heterocycles. The molecule has 1 amide bonds. The SMILES string of the molecule is COCC(=O)NC(C(=O)O)c1ccc(OC)cc1. The summed E-state index contributed by atoms with van der Waals surface area (Å²) in [6.45, 7) is -0.181. The molecule has 2 N–H and O–H groups in total. The Labute approximate surface area is 105 Å². The molecule has 1 unspecified atom stereocenters. The first-order chi connectivity index (χ1) is 8.58. The van der Waals surface area contributed by atoms with Gasteiger partial charge in [0.25, 0.3) is 0 Å². The summed E-state index contributed by atoms with van der Waals surface area (Å²) in [5.41, 5.74) is 0.466. The molecule has 0 aliphatic rings.